The van der Waals surface area contributed by atoms with E-state index in [2.05, 4.69) is 213 Å². The lowest BCUT2D eigenvalue weighted by Crippen LogP contribution is -2.60. The van der Waals surface area contributed by atoms with Crippen molar-refractivity contribution in [3.05, 3.63) is 187 Å². The highest BCUT2D eigenvalue weighted by molar-refractivity contribution is 8.00. The van der Waals surface area contributed by atoms with E-state index >= 15 is 0 Å². The molecule has 0 aliphatic carbocycles. The Morgan fingerprint density at radius 3 is 1.82 bits per heavy atom. The SMILES string of the molecule is CCCCc1ccc(-c2ccccc2)cc1N1c2ccc(-c3ccccc3)cc2B2c3ccc(-n4c5ccccc5c5ccccc54)cc3Sc3cc(C(C)(C)C)cc1c32. The van der Waals surface area contributed by atoms with Crippen LogP contribution in [-0.4, -0.2) is 11.3 Å². The smallest absolute Gasteiger partial charge is 0.249 e. The van der Waals surface area contributed by atoms with Crippen LogP contribution in [0.25, 0.3) is 49.7 Å². The molecule has 0 atom stereocenters. The van der Waals surface area contributed by atoms with Gasteiger partial charge in [0.05, 0.1) is 11.0 Å². The number of hydrogen-bond acceptors (Lipinski definition) is 2. The Labute approximate surface area is 358 Å². The van der Waals surface area contributed by atoms with E-state index in [-0.39, 0.29) is 12.1 Å². The minimum absolute atomic E-state index is 0.0489. The second kappa shape index (κ2) is 14.5. The van der Waals surface area contributed by atoms with Gasteiger partial charge in [-0.2, -0.15) is 0 Å². The molecule has 2 nitrogen and oxygen atoms in total. The molecule has 0 spiro atoms. The molecule has 0 saturated heterocycles. The highest BCUT2D eigenvalue weighted by atomic mass is 32.2. The number of para-hydroxylation sites is 2. The molecule has 0 bridgehead atoms. The molecular weight excluding hydrogens is 744 g/mol. The highest BCUT2D eigenvalue weighted by Crippen LogP contribution is 2.47. The number of anilines is 3. The van der Waals surface area contributed by atoms with Crippen molar-refractivity contribution in [2.45, 2.75) is 62.2 Å². The Hall–Kier alpha value is -6.23. The maximum atomic E-state index is 2.64. The number of fused-ring (bicyclic) bond motifs is 7. The Kier molecular flexibility index (Phi) is 8.90. The van der Waals surface area contributed by atoms with Gasteiger partial charge in [-0.3, -0.25) is 0 Å². The van der Waals surface area contributed by atoms with Crippen LogP contribution in [0.2, 0.25) is 0 Å². The van der Waals surface area contributed by atoms with E-state index in [0.29, 0.717) is 0 Å². The third-order valence-corrected chi connectivity index (χ3v) is 13.9. The largest absolute Gasteiger partial charge is 0.311 e. The molecule has 60 heavy (non-hydrogen) atoms. The third-order valence-electron chi connectivity index (χ3n) is 12.8. The van der Waals surface area contributed by atoms with Crippen LogP contribution in [0, 0.1) is 0 Å². The summed E-state index contributed by atoms with van der Waals surface area (Å²) in [5.41, 5.74) is 19.3. The minimum Gasteiger partial charge on any atom is -0.311 e. The second-order valence-electron chi connectivity index (χ2n) is 17.6. The summed E-state index contributed by atoms with van der Waals surface area (Å²) in [7, 11) is 0. The molecule has 11 rings (SSSR count). The summed E-state index contributed by atoms with van der Waals surface area (Å²) in [5.74, 6) is 0. The fourth-order valence-corrected chi connectivity index (χ4v) is 11.0. The van der Waals surface area contributed by atoms with Gasteiger partial charge in [-0.25, -0.2) is 0 Å². The summed E-state index contributed by atoms with van der Waals surface area (Å²) in [6.45, 7) is 9.44. The van der Waals surface area contributed by atoms with E-state index in [9.17, 15) is 0 Å². The lowest BCUT2D eigenvalue weighted by atomic mass is 9.34. The zero-order valence-corrected chi connectivity index (χ0v) is 35.6. The average Bonchev–Trinajstić information content (AvgIpc) is 3.62. The van der Waals surface area contributed by atoms with Crippen molar-refractivity contribution in [1.29, 1.82) is 0 Å². The third kappa shape index (κ3) is 6.03. The Balaban J connectivity index is 1.18. The van der Waals surface area contributed by atoms with Gasteiger partial charge >= 0.3 is 0 Å². The fraction of sp³-hybridized carbons (Fsp3) is 0.143. The van der Waals surface area contributed by atoms with Crippen molar-refractivity contribution < 1.29 is 0 Å². The number of rotatable bonds is 7. The molecule has 0 fully saturated rings. The number of aromatic nitrogens is 1. The van der Waals surface area contributed by atoms with Crippen molar-refractivity contribution in [1.82, 2.24) is 4.57 Å². The first-order valence-electron chi connectivity index (χ1n) is 21.5. The second-order valence-corrected chi connectivity index (χ2v) is 18.7. The quantitative estimate of drug-likeness (QED) is 0.149. The molecule has 0 saturated carbocycles. The van der Waals surface area contributed by atoms with Gasteiger partial charge in [0.25, 0.3) is 0 Å². The molecule has 3 heterocycles. The van der Waals surface area contributed by atoms with Crippen LogP contribution in [-0.2, 0) is 11.8 Å². The maximum absolute atomic E-state index is 2.64. The summed E-state index contributed by atoms with van der Waals surface area (Å²) >= 11 is 1.95. The number of benzene rings is 8. The summed E-state index contributed by atoms with van der Waals surface area (Å²) in [4.78, 5) is 5.32. The molecule has 0 amide bonds. The predicted octanol–water partition coefficient (Wildman–Crippen LogP) is 13.5. The van der Waals surface area contributed by atoms with Gasteiger partial charge in [0.15, 0.2) is 0 Å². The first kappa shape index (κ1) is 36.8. The van der Waals surface area contributed by atoms with E-state index in [4.69, 9.17) is 0 Å². The standard InChI is InChI=1S/C56H47BN2S/c1-5-6-17-39-26-27-41(38-20-11-8-12-21-38)33-51(39)59-50-31-28-40(37-18-9-7-10-19-37)32-47(50)57-46-30-29-43(58-48-24-15-13-22-44(48)45-23-14-16-25-49(45)58)36-53(46)60-54-35-42(56(2,3)4)34-52(59)55(54)57/h7-16,18-36H,5-6,17H2,1-4H3. The first-order chi connectivity index (χ1) is 29.4. The minimum atomic E-state index is -0.0489. The summed E-state index contributed by atoms with van der Waals surface area (Å²) in [6, 6.07) is 66.2. The summed E-state index contributed by atoms with van der Waals surface area (Å²) in [5, 5.41) is 2.57. The average molecular weight is 791 g/mol. The van der Waals surface area contributed by atoms with Gasteiger partial charge in [0.1, 0.15) is 0 Å². The zero-order chi connectivity index (χ0) is 40.5. The Morgan fingerprint density at radius 1 is 0.517 bits per heavy atom. The lowest BCUT2D eigenvalue weighted by Gasteiger charge is -2.42. The Morgan fingerprint density at radius 2 is 1.15 bits per heavy atom. The van der Waals surface area contributed by atoms with Crippen molar-refractivity contribution in [2.75, 3.05) is 4.90 Å². The van der Waals surface area contributed by atoms with E-state index in [1.807, 2.05) is 11.8 Å². The van der Waals surface area contributed by atoms with Gasteiger partial charge in [0, 0.05) is 43.3 Å². The van der Waals surface area contributed by atoms with Crippen LogP contribution in [0.3, 0.4) is 0 Å². The molecule has 290 valence electrons. The molecule has 0 radical (unpaired) electrons. The van der Waals surface area contributed by atoms with E-state index in [1.165, 1.54) is 104 Å². The van der Waals surface area contributed by atoms with Crippen LogP contribution in [0.4, 0.5) is 17.1 Å². The van der Waals surface area contributed by atoms with Crippen molar-refractivity contribution in [3.8, 4) is 27.9 Å². The lowest BCUT2D eigenvalue weighted by molar-refractivity contribution is 0.589. The topological polar surface area (TPSA) is 8.17 Å². The maximum Gasteiger partial charge on any atom is 0.249 e. The van der Waals surface area contributed by atoms with Crippen LogP contribution in [0.15, 0.2) is 186 Å². The van der Waals surface area contributed by atoms with Crippen LogP contribution in [0.5, 0.6) is 0 Å². The molecule has 1 aromatic heterocycles. The van der Waals surface area contributed by atoms with E-state index < -0.39 is 0 Å². The van der Waals surface area contributed by atoms with Crippen LogP contribution in [0.1, 0.15) is 51.7 Å². The molecule has 0 N–H and O–H groups in total. The van der Waals surface area contributed by atoms with Crippen LogP contribution >= 0.6 is 11.8 Å². The molecule has 2 aliphatic rings. The first-order valence-corrected chi connectivity index (χ1v) is 22.3. The molecule has 8 aromatic carbocycles. The van der Waals surface area contributed by atoms with Crippen molar-refractivity contribution in [3.63, 3.8) is 0 Å². The van der Waals surface area contributed by atoms with Crippen molar-refractivity contribution >= 4 is 73.7 Å². The van der Waals surface area contributed by atoms with Gasteiger partial charge in [-0.05, 0) is 111 Å². The van der Waals surface area contributed by atoms with E-state index in [1.54, 1.807) is 0 Å². The van der Waals surface area contributed by atoms with Gasteiger partial charge in [0.2, 0.25) is 6.71 Å². The van der Waals surface area contributed by atoms with Gasteiger partial charge in [-0.15, -0.1) is 0 Å². The molecule has 2 aliphatic heterocycles. The Bertz CT molecular complexity index is 3050. The van der Waals surface area contributed by atoms with Crippen LogP contribution < -0.4 is 21.3 Å². The number of unbranched alkanes of at least 4 members (excludes halogenated alkanes) is 1. The highest BCUT2D eigenvalue weighted by Gasteiger charge is 2.42. The predicted molar refractivity (Wildman–Crippen MR) is 259 cm³/mol. The van der Waals surface area contributed by atoms with Gasteiger partial charge < -0.3 is 9.47 Å². The van der Waals surface area contributed by atoms with Crippen molar-refractivity contribution in [2.24, 2.45) is 0 Å². The normalized spacial score (nSPS) is 13.1. The monoisotopic (exact) mass is 790 g/mol. The number of nitrogens with zero attached hydrogens (tertiary/aromatic N) is 2. The molecular formula is C56H47BN2S. The number of hydrogen-bond donors (Lipinski definition) is 0. The fourth-order valence-electron chi connectivity index (χ4n) is 9.74. The van der Waals surface area contributed by atoms with Gasteiger partial charge in [-0.1, -0.05) is 179 Å². The number of aryl methyl sites for hydroxylation is 1. The van der Waals surface area contributed by atoms with E-state index in [0.717, 1.165) is 19.3 Å². The summed E-state index contributed by atoms with van der Waals surface area (Å²) in [6.07, 6.45) is 3.33. The zero-order valence-electron chi connectivity index (χ0n) is 34.7. The molecule has 0 unspecified atom stereocenters. The summed E-state index contributed by atoms with van der Waals surface area (Å²) < 4.78 is 2.46. The molecule has 4 heteroatoms. The molecule has 9 aromatic rings.